The Balaban J connectivity index is 2.99. The predicted octanol–water partition coefficient (Wildman–Crippen LogP) is 1.68. The van der Waals surface area contributed by atoms with Crippen molar-refractivity contribution in [2.45, 2.75) is 20.3 Å². The van der Waals surface area contributed by atoms with Crippen LogP contribution in [0.1, 0.15) is 20.3 Å². The van der Waals surface area contributed by atoms with Crippen molar-refractivity contribution < 1.29 is 4.74 Å². The molecule has 1 nitrogen and oxygen atoms in total. The quantitative estimate of drug-likeness (QED) is 0.411. The maximum atomic E-state index is 5.19. The lowest BCUT2D eigenvalue weighted by Crippen LogP contribution is -2.03. The van der Waals surface area contributed by atoms with E-state index in [9.17, 15) is 0 Å². The Kier molecular flexibility index (Phi) is 5.35. The van der Waals surface area contributed by atoms with Gasteiger partial charge in [-0.25, -0.2) is 0 Å². The van der Waals surface area contributed by atoms with Crippen molar-refractivity contribution in [2.24, 2.45) is 5.92 Å². The highest BCUT2D eigenvalue weighted by Gasteiger charge is 1.93. The second kappa shape index (κ2) is 5.65. The van der Waals surface area contributed by atoms with Gasteiger partial charge in [0.15, 0.2) is 0 Å². The van der Waals surface area contributed by atoms with Crippen molar-refractivity contribution in [1.29, 1.82) is 0 Å². The Morgan fingerprint density at radius 2 is 2.33 bits per heavy atom. The minimum Gasteiger partial charge on any atom is -0.380 e. The molecule has 0 heterocycles. The first-order valence-electron chi connectivity index (χ1n) is 3.35. The fourth-order valence-corrected chi connectivity index (χ4v) is 0.453. The first-order chi connectivity index (χ1) is 4.31. The Bertz CT molecular complexity index is 91.2. The second-order valence-electron chi connectivity index (χ2n) is 2.14. The van der Waals surface area contributed by atoms with Crippen molar-refractivity contribution in [1.82, 2.24) is 0 Å². The molecule has 0 aliphatic carbocycles. The molecule has 1 atom stereocenters. The number of hydrogen-bond donors (Lipinski definition) is 0. The zero-order valence-electron chi connectivity index (χ0n) is 6.18. The van der Waals surface area contributed by atoms with E-state index in [-0.39, 0.29) is 5.92 Å². The van der Waals surface area contributed by atoms with Gasteiger partial charge in [-0.3, -0.25) is 0 Å². The van der Waals surface area contributed by atoms with Crippen LogP contribution in [0.25, 0.3) is 0 Å². The van der Waals surface area contributed by atoms with Gasteiger partial charge in [-0.1, -0.05) is 6.92 Å². The van der Waals surface area contributed by atoms with Crippen LogP contribution in [0.5, 0.6) is 0 Å². The molecular weight excluding hydrogens is 112 g/mol. The van der Waals surface area contributed by atoms with E-state index in [1.807, 2.05) is 6.92 Å². The molecule has 0 rings (SSSR count). The first kappa shape index (κ1) is 8.52. The zero-order chi connectivity index (χ0) is 7.11. The van der Waals surface area contributed by atoms with Crippen LogP contribution < -0.4 is 0 Å². The molecule has 1 unspecified atom stereocenters. The van der Waals surface area contributed by atoms with Crippen LogP contribution in [0, 0.1) is 18.3 Å². The van der Waals surface area contributed by atoms with Gasteiger partial charge in [0.1, 0.15) is 0 Å². The van der Waals surface area contributed by atoms with Gasteiger partial charge in [0.05, 0.1) is 6.61 Å². The van der Waals surface area contributed by atoms with Crippen LogP contribution in [0.2, 0.25) is 0 Å². The highest BCUT2D eigenvalue weighted by molar-refractivity contribution is 4.89. The van der Waals surface area contributed by atoms with E-state index in [4.69, 9.17) is 11.2 Å². The number of terminal acetylenes is 1. The van der Waals surface area contributed by atoms with Gasteiger partial charge in [0, 0.05) is 12.5 Å². The minimum atomic E-state index is 0.261. The van der Waals surface area contributed by atoms with Gasteiger partial charge >= 0.3 is 0 Å². The standard InChI is InChI=1S/C8H14O/c1-4-6-9-7-8(3)5-2/h2,8H,4,6-7H2,1,3H3. The summed E-state index contributed by atoms with van der Waals surface area (Å²) in [6.45, 7) is 5.59. The summed E-state index contributed by atoms with van der Waals surface area (Å²) >= 11 is 0. The summed E-state index contributed by atoms with van der Waals surface area (Å²) in [6, 6.07) is 0. The monoisotopic (exact) mass is 126 g/mol. The van der Waals surface area contributed by atoms with Crippen molar-refractivity contribution in [3.63, 3.8) is 0 Å². The normalized spacial score (nSPS) is 12.6. The molecule has 0 aliphatic heterocycles. The Labute approximate surface area is 57.4 Å². The number of rotatable bonds is 4. The Morgan fingerprint density at radius 1 is 1.67 bits per heavy atom. The van der Waals surface area contributed by atoms with Gasteiger partial charge < -0.3 is 4.74 Å². The van der Waals surface area contributed by atoms with Crippen LogP contribution in [0.15, 0.2) is 0 Å². The molecule has 1 heteroatoms. The molecule has 9 heavy (non-hydrogen) atoms. The van der Waals surface area contributed by atoms with Crippen molar-refractivity contribution in [3.05, 3.63) is 0 Å². The smallest absolute Gasteiger partial charge is 0.0601 e. The maximum Gasteiger partial charge on any atom is 0.0601 e. The van der Waals surface area contributed by atoms with Crippen LogP contribution in [-0.4, -0.2) is 13.2 Å². The Hall–Kier alpha value is -0.480. The van der Waals surface area contributed by atoms with E-state index in [1.54, 1.807) is 0 Å². The van der Waals surface area contributed by atoms with E-state index in [1.165, 1.54) is 0 Å². The third kappa shape index (κ3) is 5.39. The molecule has 0 aromatic heterocycles. The fourth-order valence-electron chi connectivity index (χ4n) is 0.453. The summed E-state index contributed by atoms with van der Waals surface area (Å²) in [5, 5.41) is 0. The van der Waals surface area contributed by atoms with Crippen molar-refractivity contribution in [3.8, 4) is 12.3 Å². The molecule has 0 saturated heterocycles. The molecule has 0 aromatic carbocycles. The summed E-state index contributed by atoms with van der Waals surface area (Å²) in [5.41, 5.74) is 0. The summed E-state index contributed by atoms with van der Waals surface area (Å²) < 4.78 is 5.19. The Morgan fingerprint density at radius 3 is 2.78 bits per heavy atom. The average Bonchev–Trinajstić information content (AvgIpc) is 1.89. The van der Waals surface area contributed by atoms with E-state index >= 15 is 0 Å². The van der Waals surface area contributed by atoms with Crippen molar-refractivity contribution >= 4 is 0 Å². The summed E-state index contributed by atoms with van der Waals surface area (Å²) in [7, 11) is 0. The first-order valence-corrected chi connectivity index (χ1v) is 3.35. The molecule has 0 aliphatic rings. The minimum absolute atomic E-state index is 0.261. The van der Waals surface area contributed by atoms with Gasteiger partial charge in [0.2, 0.25) is 0 Å². The molecule has 0 spiro atoms. The highest BCUT2D eigenvalue weighted by atomic mass is 16.5. The SMILES string of the molecule is C#CC(C)COCCC. The third-order valence-electron chi connectivity index (χ3n) is 1.00. The third-order valence-corrected chi connectivity index (χ3v) is 1.00. The van der Waals surface area contributed by atoms with Gasteiger partial charge in [0.25, 0.3) is 0 Å². The molecular formula is C8H14O. The molecule has 0 fully saturated rings. The molecule has 52 valence electrons. The summed E-state index contributed by atoms with van der Waals surface area (Å²) in [6.07, 6.45) is 6.19. The van der Waals surface area contributed by atoms with Crippen molar-refractivity contribution in [2.75, 3.05) is 13.2 Å². The fraction of sp³-hybridized carbons (Fsp3) is 0.750. The van der Waals surface area contributed by atoms with Gasteiger partial charge in [-0.15, -0.1) is 12.3 Å². The van der Waals surface area contributed by atoms with Gasteiger partial charge in [-0.2, -0.15) is 0 Å². The summed E-state index contributed by atoms with van der Waals surface area (Å²) in [4.78, 5) is 0. The average molecular weight is 126 g/mol. The predicted molar refractivity (Wildman–Crippen MR) is 39.1 cm³/mol. The van der Waals surface area contributed by atoms with E-state index in [2.05, 4.69) is 12.8 Å². The molecule has 0 N–H and O–H groups in total. The summed E-state index contributed by atoms with van der Waals surface area (Å²) in [5.74, 6) is 2.86. The van der Waals surface area contributed by atoms with E-state index in [0.717, 1.165) is 13.0 Å². The lowest BCUT2D eigenvalue weighted by atomic mass is 10.2. The molecule has 0 saturated carbocycles. The second-order valence-corrected chi connectivity index (χ2v) is 2.14. The number of hydrogen-bond acceptors (Lipinski definition) is 1. The van der Waals surface area contributed by atoms with E-state index < -0.39 is 0 Å². The molecule has 0 bridgehead atoms. The zero-order valence-corrected chi connectivity index (χ0v) is 6.18. The van der Waals surface area contributed by atoms with E-state index in [0.29, 0.717) is 6.61 Å². The van der Waals surface area contributed by atoms with Crippen LogP contribution in [-0.2, 0) is 4.74 Å². The number of ether oxygens (including phenoxy) is 1. The maximum absolute atomic E-state index is 5.19. The van der Waals surface area contributed by atoms with Gasteiger partial charge in [-0.05, 0) is 13.3 Å². The molecule has 0 radical (unpaired) electrons. The van der Waals surface area contributed by atoms with Crippen LogP contribution in [0.4, 0.5) is 0 Å². The highest BCUT2D eigenvalue weighted by Crippen LogP contribution is 1.92. The lowest BCUT2D eigenvalue weighted by Gasteiger charge is -2.02. The largest absolute Gasteiger partial charge is 0.380 e. The van der Waals surface area contributed by atoms with Crippen LogP contribution in [0.3, 0.4) is 0 Å². The lowest BCUT2D eigenvalue weighted by molar-refractivity contribution is 0.120. The molecule has 0 amide bonds. The van der Waals surface area contributed by atoms with Crippen LogP contribution >= 0.6 is 0 Å². The molecule has 0 aromatic rings. The topological polar surface area (TPSA) is 9.23 Å².